The fourth-order valence-corrected chi connectivity index (χ4v) is 2.55. The number of nitrogens with zero attached hydrogens (tertiary/aromatic N) is 1. The van der Waals surface area contributed by atoms with E-state index in [4.69, 9.17) is 9.15 Å². The molecule has 0 amide bonds. The summed E-state index contributed by atoms with van der Waals surface area (Å²) in [4.78, 5) is 15.5. The molecule has 0 unspecified atom stereocenters. The van der Waals surface area contributed by atoms with Crippen LogP contribution in [0.15, 0.2) is 37.8 Å². The molecule has 0 fully saturated rings. The number of carbonyl (C=O) groups excluding carboxylic acids is 1. The zero-order chi connectivity index (χ0) is 13.8. The lowest BCUT2D eigenvalue weighted by atomic mass is 10.3. The van der Waals surface area contributed by atoms with E-state index in [0.29, 0.717) is 6.61 Å². The van der Waals surface area contributed by atoms with Gasteiger partial charge in [0.15, 0.2) is 5.69 Å². The lowest BCUT2D eigenvalue weighted by molar-refractivity contribution is 0.0519. The van der Waals surface area contributed by atoms with Gasteiger partial charge in [-0.3, -0.25) is 0 Å². The molecule has 1 heterocycles. The van der Waals surface area contributed by atoms with Crippen LogP contribution in [-0.4, -0.2) is 17.6 Å². The molecule has 1 N–H and O–H groups in total. The summed E-state index contributed by atoms with van der Waals surface area (Å²) in [5.74, 6) is -0.509. The van der Waals surface area contributed by atoms with Gasteiger partial charge < -0.3 is 14.5 Å². The van der Waals surface area contributed by atoms with E-state index < -0.39 is 5.97 Å². The first-order chi connectivity index (χ1) is 9.11. The molecule has 0 aliphatic heterocycles. The summed E-state index contributed by atoms with van der Waals surface area (Å²) in [6.45, 7) is 2.03. The zero-order valence-electron chi connectivity index (χ0n) is 9.94. The van der Waals surface area contributed by atoms with Gasteiger partial charge in [0.25, 0.3) is 6.01 Å². The highest BCUT2D eigenvalue weighted by Crippen LogP contribution is 2.32. The first-order valence-corrected chi connectivity index (χ1v) is 7.04. The molecule has 2 rings (SSSR count). The summed E-state index contributed by atoms with van der Waals surface area (Å²) >= 11 is 6.82. The van der Waals surface area contributed by atoms with E-state index >= 15 is 0 Å². The summed E-state index contributed by atoms with van der Waals surface area (Å²) < 4.78 is 11.7. The highest BCUT2D eigenvalue weighted by Gasteiger charge is 2.14. The quantitative estimate of drug-likeness (QED) is 0.796. The number of rotatable bonds is 4. The van der Waals surface area contributed by atoms with E-state index in [9.17, 15) is 4.79 Å². The maximum atomic E-state index is 11.5. The molecular formula is C12H10Br2N2O3. The Kier molecular flexibility index (Phi) is 4.60. The summed E-state index contributed by atoms with van der Waals surface area (Å²) in [6.07, 6.45) is 1.26. The van der Waals surface area contributed by atoms with Crippen molar-refractivity contribution in [3.8, 4) is 0 Å². The fraction of sp³-hybridized carbons (Fsp3) is 0.167. The predicted octanol–water partition coefficient (Wildman–Crippen LogP) is 4.12. The van der Waals surface area contributed by atoms with E-state index in [-0.39, 0.29) is 11.7 Å². The molecule has 7 heteroatoms. The summed E-state index contributed by atoms with van der Waals surface area (Å²) in [5, 5.41) is 2.98. The summed E-state index contributed by atoms with van der Waals surface area (Å²) in [5.41, 5.74) is 0.896. The number of nitrogens with one attached hydrogen (secondary N) is 1. The van der Waals surface area contributed by atoms with Crippen LogP contribution in [0.4, 0.5) is 11.7 Å². The molecule has 0 aliphatic carbocycles. The van der Waals surface area contributed by atoms with Gasteiger partial charge in [0.05, 0.1) is 12.3 Å². The van der Waals surface area contributed by atoms with Gasteiger partial charge in [0.2, 0.25) is 0 Å². The highest BCUT2D eigenvalue weighted by atomic mass is 79.9. The average Bonchev–Trinajstić information content (AvgIpc) is 2.83. The van der Waals surface area contributed by atoms with Crippen molar-refractivity contribution in [3.05, 3.63) is 39.1 Å². The van der Waals surface area contributed by atoms with Gasteiger partial charge in [-0.2, -0.15) is 4.98 Å². The molecule has 100 valence electrons. The topological polar surface area (TPSA) is 64.4 Å². The molecule has 0 atom stereocenters. The van der Waals surface area contributed by atoms with Gasteiger partial charge in [-0.05, 0) is 50.9 Å². The van der Waals surface area contributed by atoms with Crippen LogP contribution < -0.4 is 5.32 Å². The van der Waals surface area contributed by atoms with Crippen LogP contribution in [0.1, 0.15) is 17.4 Å². The molecule has 0 bridgehead atoms. The molecule has 0 spiro atoms. The van der Waals surface area contributed by atoms with E-state index in [0.717, 1.165) is 14.6 Å². The van der Waals surface area contributed by atoms with Crippen LogP contribution in [0.3, 0.4) is 0 Å². The molecule has 1 aromatic heterocycles. The lowest BCUT2D eigenvalue weighted by Gasteiger charge is -2.06. The maximum absolute atomic E-state index is 11.5. The Labute approximate surface area is 126 Å². The third-order valence-corrected chi connectivity index (χ3v) is 3.51. The zero-order valence-corrected chi connectivity index (χ0v) is 13.1. The number of carbonyl (C=O) groups is 1. The summed E-state index contributed by atoms with van der Waals surface area (Å²) in [7, 11) is 0. The maximum Gasteiger partial charge on any atom is 0.360 e. The van der Waals surface area contributed by atoms with Crippen molar-refractivity contribution in [2.45, 2.75) is 6.92 Å². The minimum atomic E-state index is -0.509. The predicted molar refractivity (Wildman–Crippen MR) is 77.6 cm³/mol. The molecule has 0 radical (unpaired) electrons. The van der Waals surface area contributed by atoms with Crippen molar-refractivity contribution in [2.24, 2.45) is 0 Å². The SMILES string of the molecule is CCOC(=O)c1coc(Nc2c(Br)cccc2Br)n1. The third-order valence-electron chi connectivity index (χ3n) is 2.18. The number of ether oxygens (including phenoxy) is 1. The second kappa shape index (κ2) is 6.21. The van der Waals surface area contributed by atoms with Crippen molar-refractivity contribution in [2.75, 3.05) is 11.9 Å². The molecule has 5 nitrogen and oxygen atoms in total. The smallest absolute Gasteiger partial charge is 0.360 e. The van der Waals surface area contributed by atoms with Crippen molar-refractivity contribution < 1.29 is 13.9 Å². The number of para-hydroxylation sites is 1. The second-order valence-electron chi connectivity index (χ2n) is 3.48. The van der Waals surface area contributed by atoms with Gasteiger partial charge in [0.1, 0.15) is 6.26 Å². The number of oxazole rings is 1. The van der Waals surface area contributed by atoms with Crippen molar-refractivity contribution >= 4 is 49.5 Å². The summed E-state index contributed by atoms with van der Waals surface area (Å²) in [6, 6.07) is 5.86. The van der Waals surface area contributed by atoms with Crippen LogP contribution >= 0.6 is 31.9 Å². The average molecular weight is 390 g/mol. The fourth-order valence-electron chi connectivity index (χ4n) is 1.35. The molecule has 2 aromatic rings. The number of aromatic nitrogens is 1. The number of esters is 1. The Morgan fingerprint density at radius 3 is 2.74 bits per heavy atom. The van der Waals surface area contributed by atoms with Gasteiger partial charge >= 0.3 is 5.97 Å². The number of hydrogen-bond donors (Lipinski definition) is 1. The normalized spacial score (nSPS) is 10.3. The molecule has 0 aliphatic rings. The van der Waals surface area contributed by atoms with Gasteiger partial charge in [-0.15, -0.1) is 0 Å². The first-order valence-electron chi connectivity index (χ1n) is 5.45. The van der Waals surface area contributed by atoms with E-state index in [1.807, 2.05) is 18.2 Å². The Hall–Kier alpha value is -1.34. The van der Waals surface area contributed by atoms with Crippen LogP contribution in [0.5, 0.6) is 0 Å². The minimum absolute atomic E-state index is 0.132. The van der Waals surface area contributed by atoms with E-state index in [2.05, 4.69) is 42.2 Å². The van der Waals surface area contributed by atoms with Crippen LogP contribution in [0.25, 0.3) is 0 Å². The molecule has 0 saturated carbocycles. The highest BCUT2D eigenvalue weighted by molar-refractivity contribution is 9.11. The van der Waals surface area contributed by atoms with Crippen molar-refractivity contribution in [1.29, 1.82) is 0 Å². The van der Waals surface area contributed by atoms with Crippen LogP contribution in [0.2, 0.25) is 0 Å². The molecular weight excluding hydrogens is 380 g/mol. The number of halogens is 2. The van der Waals surface area contributed by atoms with Crippen molar-refractivity contribution in [1.82, 2.24) is 4.98 Å². The van der Waals surface area contributed by atoms with Crippen LogP contribution in [0, 0.1) is 0 Å². The molecule has 19 heavy (non-hydrogen) atoms. The number of benzene rings is 1. The van der Waals surface area contributed by atoms with Gasteiger partial charge in [-0.1, -0.05) is 6.07 Å². The molecule has 1 aromatic carbocycles. The Morgan fingerprint density at radius 1 is 1.42 bits per heavy atom. The Morgan fingerprint density at radius 2 is 2.11 bits per heavy atom. The lowest BCUT2D eigenvalue weighted by Crippen LogP contribution is -2.05. The second-order valence-corrected chi connectivity index (χ2v) is 5.19. The number of anilines is 2. The van der Waals surface area contributed by atoms with E-state index in [1.54, 1.807) is 6.92 Å². The monoisotopic (exact) mass is 388 g/mol. The molecule has 0 saturated heterocycles. The number of hydrogen-bond acceptors (Lipinski definition) is 5. The Balaban J connectivity index is 2.18. The third kappa shape index (κ3) is 3.36. The van der Waals surface area contributed by atoms with E-state index in [1.165, 1.54) is 6.26 Å². The Bertz CT molecular complexity index is 578. The van der Waals surface area contributed by atoms with Gasteiger partial charge in [-0.25, -0.2) is 4.79 Å². The standard InChI is InChI=1S/C12H10Br2N2O3/c1-2-18-11(17)9-6-19-12(15-9)16-10-7(13)4-3-5-8(10)14/h3-6H,2H2,1H3,(H,15,16). The van der Waals surface area contributed by atoms with Crippen molar-refractivity contribution in [3.63, 3.8) is 0 Å². The first kappa shape index (κ1) is 14.1. The minimum Gasteiger partial charge on any atom is -0.461 e. The van der Waals surface area contributed by atoms with Gasteiger partial charge in [0, 0.05) is 8.95 Å². The largest absolute Gasteiger partial charge is 0.461 e. The van der Waals surface area contributed by atoms with Crippen LogP contribution in [-0.2, 0) is 4.74 Å².